The normalized spacial score (nSPS) is 19.1. The van der Waals surface area contributed by atoms with Crippen LogP contribution < -0.4 is 5.32 Å². The summed E-state index contributed by atoms with van der Waals surface area (Å²) in [5.41, 5.74) is 5.08. The summed E-state index contributed by atoms with van der Waals surface area (Å²) in [5.74, 6) is 0.547. The smallest absolute Gasteiger partial charge is 0.272 e. The molecule has 1 aromatic heterocycles. The van der Waals surface area contributed by atoms with Crippen molar-refractivity contribution in [3.05, 3.63) is 46.8 Å². The first-order valence-corrected chi connectivity index (χ1v) is 12.6. The Morgan fingerprint density at radius 1 is 1.03 bits per heavy atom. The van der Waals surface area contributed by atoms with Crippen LogP contribution in [0.15, 0.2) is 24.3 Å². The monoisotopic (exact) mass is 449 g/mol. The molecule has 2 aliphatic carbocycles. The molecule has 0 atom stereocenters. The number of aryl methyl sites for hydroxylation is 1. The lowest BCUT2D eigenvalue weighted by atomic mass is 10.1. The number of nitrogens with zero attached hydrogens (tertiary/aromatic N) is 4. The fourth-order valence-corrected chi connectivity index (χ4v) is 5.65. The topological polar surface area (TPSA) is 70.5 Å². The van der Waals surface area contributed by atoms with Crippen molar-refractivity contribution in [1.82, 2.24) is 24.9 Å². The lowest BCUT2D eigenvalue weighted by Gasteiger charge is -2.36. The molecular weight excluding hydrogens is 414 g/mol. The fourth-order valence-electron chi connectivity index (χ4n) is 5.65. The minimum Gasteiger partial charge on any atom is -0.349 e. The molecule has 0 unspecified atom stereocenters. The summed E-state index contributed by atoms with van der Waals surface area (Å²) >= 11 is 0. The van der Waals surface area contributed by atoms with E-state index in [9.17, 15) is 9.59 Å². The van der Waals surface area contributed by atoms with Crippen molar-refractivity contribution >= 4 is 11.8 Å². The lowest BCUT2D eigenvalue weighted by molar-refractivity contribution is -0.137. The predicted octanol–water partition coefficient (Wildman–Crippen LogP) is 2.73. The van der Waals surface area contributed by atoms with Gasteiger partial charge in [0.05, 0.1) is 5.69 Å². The highest BCUT2D eigenvalue weighted by atomic mass is 16.2. The Hall–Kier alpha value is -2.67. The van der Waals surface area contributed by atoms with Crippen LogP contribution in [0.1, 0.15) is 59.4 Å². The highest BCUT2D eigenvalue weighted by molar-refractivity contribution is 5.94. The molecule has 3 aliphatic rings. The summed E-state index contributed by atoms with van der Waals surface area (Å²) in [6.45, 7) is 6.85. The van der Waals surface area contributed by atoms with Gasteiger partial charge >= 0.3 is 0 Å². The van der Waals surface area contributed by atoms with Gasteiger partial charge in [-0.25, -0.2) is 4.68 Å². The Kier molecular flexibility index (Phi) is 6.49. The van der Waals surface area contributed by atoms with E-state index in [-0.39, 0.29) is 11.8 Å². The molecule has 2 fully saturated rings. The van der Waals surface area contributed by atoms with Gasteiger partial charge in [-0.15, -0.1) is 0 Å². The molecule has 0 spiro atoms. The number of fused-ring (bicyclic) bond motifs is 1. The maximum atomic E-state index is 13.0. The van der Waals surface area contributed by atoms with E-state index in [0.29, 0.717) is 18.1 Å². The van der Waals surface area contributed by atoms with Crippen molar-refractivity contribution in [2.45, 2.75) is 51.9 Å². The standard InChI is InChI=1S/C26H35N5O2/c1-19-7-2-5-11-22(19)31-23-12-6-10-21(23)24(28-31)25(32)27-13-14-29-15-17-30(18-16-29)26(33)20-8-3-4-9-20/h2,5,7,11,20H,3-4,6,8-10,12-18H2,1H3,(H,27,32). The van der Waals surface area contributed by atoms with Gasteiger partial charge in [0.25, 0.3) is 5.91 Å². The van der Waals surface area contributed by atoms with E-state index < -0.39 is 0 Å². The third-order valence-electron chi connectivity index (χ3n) is 7.59. The van der Waals surface area contributed by atoms with Crippen LogP contribution in [-0.4, -0.2) is 70.7 Å². The molecule has 1 N–H and O–H groups in total. The van der Waals surface area contributed by atoms with Gasteiger partial charge in [-0.1, -0.05) is 31.0 Å². The molecule has 33 heavy (non-hydrogen) atoms. The quantitative estimate of drug-likeness (QED) is 0.736. The molecule has 0 bridgehead atoms. The van der Waals surface area contributed by atoms with E-state index in [1.165, 1.54) is 18.5 Å². The molecule has 176 valence electrons. The van der Waals surface area contributed by atoms with Crippen LogP contribution in [0, 0.1) is 12.8 Å². The Balaban J connectivity index is 1.15. The van der Waals surface area contributed by atoms with Gasteiger partial charge < -0.3 is 10.2 Å². The highest BCUT2D eigenvalue weighted by Crippen LogP contribution is 2.29. The Morgan fingerprint density at radius 3 is 2.55 bits per heavy atom. The number of carbonyl (C=O) groups excluding carboxylic acids is 2. The van der Waals surface area contributed by atoms with E-state index in [4.69, 9.17) is 5.10 Å². The van der Waals surface area contributed by atoms with Gasteiger partial charge in [0.1, 0.15) is 0 Å². The molecule has 1 saturated heterocycles. The molecule has 1 aromatic carbocycles. The summed E-state index contributed by atoms with van der Waals surface area (Å²) in [7, 11) is 0. The van der Waals surface area contributed by atoms with Gasteiger partial charge in [-0.3, -0.25) is 14.5 Å². The molecule has 0 radical (unpaired) electrons. The van der Waals surface area contributed by atoms with Crippen molar-refractivity contribution < 1.29 is 9.59 Å². The Labute approximate surface area is 196 Å². The maximum absolute atomic E-state index is 13.0. The highest BCUT2D eigenvalue weighted by Gasteiger charge is 2.30. The van der Waals surface area contributed by atoms with Gasteiger partial charge in [0.2, 0.25) is 5.91 Å². The zero-order chi connectivity index (χ0) is 22.8. The minimum absolute atomic E-state index is 0.0736. The van der Waals surface area contributed by atoms with Crippen molar-refractivity contribution in [3.8, 4) is 5.69 Å². The molecule has 1 aliphatic heterocycles. The van der Waals surface area contributed by atoms with E-state index in [1.54, 1.807) is 0 Å². The number of amides is 2. The zero-order valence-corrected chi connectivity index (χ0v) is 19.7. The molecule has 5 rings (SSSR count). The van der Waals surface area contributed by atoms with Crippen molar-refractivity contribution in [2.75, 3.05) is 39.3 Å². The van der Waals surface area contributed by atoms with E-state index in [2.05, 4.69) is 29.3 Å². The molecule has 2 aromatic rings. The molecule has 2 heterocycles. The average Bonchev–Trinajstić information content (AvgIpc) is 3.58. The number of hydrogen-bond acceptors (Lipinski definition) is 4. The summed E-state index contributed by atoms with van der Waals surface area (Å²) in [5, 5.41) is 7.84. The number of rotatable bonds is 6. The first-order chi connectivity index (χ1) is 16.1. The van der Waals surface area contributed by atoms with Gasteiger partial charge in [0.15, 0.2) is 5.69 Å². The summed E-state index contributed by atoms with van der Waals surface area (Å²) < 4.78 is 1.98. The van der Waals surface area contributed by atoms with Crippen LogP contribution in [0.5, 0.6) is 0 Å². The first-order valence-electron chi connectivity index (χ1n) is 12.6. The third kappa shape index (κ3) is 4.56. The number of piperazine rings is 1. The Morgan fingerprint density at radius 2 is 1.79 bits per heavy atom. The lowest BCUT2D eigenvalue weighted by Crippen LogP contribution is -2.51. The fraction of sp³-hybridized carbons (Fsp3) is 0.577. The zero-order valence-electron chi connectivity index (χ0n) is 19.7. The van der Waals surface area contributed by atoms with E-state index in [1.807, 2.05) is 21.7 Å². The number of benzene rings is 1. The van der Waals surface area contributed by atoms with Crippen LogP contribution in [0.25, 0.3) is 5.69 Å². The summed E-state index contributed by atoms with van der Waals surface area (Å²) in [6.07, 6.45) is 7.48. The molecule has 1 saturated carbocycles. The van der Waals surface area contributed by atoms with Crippen molar-refractivity contribution in [2.24, 2.45) is 5.92 Å². The molecule has 7 heteroatoms. The molecular formula is C26H35N5O2. The second-order valence-corrected chi connectivity index (χ2v) is 9.73. The maximum Gasteiger partial charge on any atom is 0.272 e. The van der Waals surface area contributed by atoms with Crippen molar-refractivity contribution in [1.29, 1.82) is 0 Å². The second kappa shape index (κ2) is 9.67. The number of para-hydroxylation sites is 1. The van der Waals surface area contributed by atoms with Gasteiger partial charge in [-0.05, 0) is 50.7 Å². The minimum atomic E-state index is -0.0736. The molecule has 2 amide bonds. The number of aromatic nitrogens is 2. The first kappa shape index (κ1) is 22.1. The van der Waals surface area contributed by atoms with Gasteiger partial charge in [0, 0.05) is 56.4 Å². The number of hydrogen-bond donors (Lipinski definition) is 1. The number of nitrogens with one attached hydrogen (secondary N) is 1. The van der Waals surface area contributed by atoms with E-state index in [0.717, 1.165) is 81.6 Å². The van der Waals surface area contributed by atoms with Crippen molar-refractivity contribution in [3.63, 3.8) is 0 Å². The van der Waals surface area contributed by atoms with Gasteiger partial charge in [-0.2, -0.15) is 5.10 Å². The van der Waals surface area contributed by atoms with Crippen LogP contribution in [0.4, 0.5) is 0 Å². The van der Waals surface area contributed by atoms with Crippen LogP contribution >= 0.6 is 0 Å². The average molecular weight is 450 g/mol. The number of carbonyl (C=O) groups is 2. The van der Waals surface area contributed by atoms with Crippen LogP contribution in [0.2, 0.25) is 0 Å². The van der Waals surface area contributed by atoms with Crippen LogP contribution in [0.3, 0.4) is 0 Å². The SMILES string of the molecule is Cc1ccccc1-n1nc(C(=O)NCCN2CCN(C(=O)C3CCCC3)CC2)c2c1CCC2. The molecule has 7 nitrogen and oxygen atoms in total. The van der Waals surface area contributed by atoms with Crippen LogP contribution in [-0.2, 0) is 17.6 Å². The summed E-state index contributed by atoms with van der Waals surface area (Å²) in [6, 6.07) is 8.20. The predicted molar refractivity (Wildman–Crippen MR) is 128 cm³/mol. The second-order valence-electron chi connectivity index (χ2n) is 9.73. The summed E-state index contributed by atoms with van der Waals surface area (Å²) in [4.78, 5) is 30.0. The Bertz CT molecular complexity index is 1020. The van der Waals surface area contributed by atoms with E-state index >= 15 is 0 Å². The third-order valence-corrected chi connectivity index (χ3v) is 7.59. The largest absolute Gasteiger partial charge is 0.349 e.